The predicted molar refractivity (Wildman–Crippen MR) is 89.2 cm³/mol. The summed E-state index contributed by atoms with van der Waals surface area (Å²) in [5.41, 5.74) is 0.535. The van der Waals surface area contributed by atoms with Crippen molar-refractivity contribution in [2.75, 3.05) is 5.32 Å². The van der Waals surface area contributed by atoms with Crippen LogP contribution in [0.4, 0.5) is 5.69 Å². The summed E-state index contributed by atoms with van der Waals surface area (Å²) in [6.45, 7) is 1.80. The molecule has 0 saturated heterocycles. The minimum Gasteiger partial charge on any atom is -0.325 e. The Labute approximate surface area is 139 Å². The summed E-state index contributed by atoms with van der Waals surface area (Å²) >= 11 is 4.64. The molecule has 1 aromatic carbocycles. The van der Waals surface area contributed by atoms with Crippen LogP contribution < -0.4 is 11.0 Å². The Balaban J connectivity index is 1.66. The van der Waals surface area contributed by atoms with Gasteiger partial charge in [-0.1, -0.05) is 27.7 Å². The quantitative estimate of drug-likeness (QED) is 0.779. The molecule has 8 heteroatoms. The molecular formula is C14H15BrN4O2S. The third-order valence-corrected chi connectivity index (χ3v) is 4.94. The first-order valence-electron chi connectivity index (χ1n) is 6.94. The first-order valence-corrected chi connectivity index (χ1v) is 8.62. The summed E-state index contributed by atoms with van der Waals surface area (Å²) in [5, 5.41) is 9.56. The van der Waals surface area contributed by atoms with Gasteiger partial charge in [0.25, 0.3) is 0 Å². The molecule has 1 heterocycles. The second kappa shape index (κ2) is 6.29. The van der Waals surface area contributed by atoms with Gasteiger partial charge in [0, 0.05) is 16.2 Å². The molecule has 1 aliphatic carbocycles. The zero-order valence-electron chi connectivity index (χ0n) is 11.9. The highest BCUT2D eigenvalue weighted by molar-refractivity contribution is 9.10. The van der Waals surface area contributed by atoms with E-state index in [1.54, 1.807) is 11.5 Å². The highest BCUT2D eigenvalue weighted by Gasteiger charge is 2.30. The fourth-order valence-corrected chi connectivity index (χ4v) is 3.21. The molecule has 1 aromatic heterocycles. The molecule has 6 nitrogen and oxygen atoms in total. The number of anilines is 1. The number of nitrogens with zero attached hydrogens (tertiary/aromatic N) is 2. The zero-order chi connectivity index (χ0) is 15.7. The van der Waals surface area contributed by atoms with Gasteiger partial charge in [-0.05, 0) is 44.0 Å². The second-order valence-electron chi connectivity index (χ2n) is 5.17. The van der Waals surface area contributed by atoms with Crippen LogP contribution in [0.1, 0.15) is 25.8 Å². The average molecular weight is 383 g/mol. The molecule has 0 bridgehead atoms. The van der Waals surface area contributed by atoms with E-state index in [-0.39, 0.29) is 22.9 Å². The lowest BCUT2D eigenvalue weighted by atomic mass is 10.3. The van der Waals surface area contributed by atoms with Gasteiger partial charge in [-0.2, -0.15) is 0 Å². The number of H-pyrrole nitrogens is 1. The summed E-state index contributed by atoms with van der Waals surface area (Å²) in [6, 6.07) is 7.62. The van der Waals surface area contributed by atoms with E-state index in [4.69, 9.17) is 0 Å². The molecule has 1 atom stereocenters. The number of halogens is 1. The number of nitrogens with one attached hydrogen (secondary N) is 2. The maximum atomic E-state index is 12.2. The molecule has 3 rings (SSSR count). The lowest BCUT2D eigenvalue weighted by molar-refractivity contribution is -0.115. The molecule has 0 spiro atoms. The van der Waals surface area contributed by atoms with E-state index in [9.17, 15) is 9.59 Å². The van der Waals surface area contributed by atoms with Gasteiger partial charge in [0.1, 0.15) is 0 Å². The molecule has 116 valence electrons. The first-order chi connectivity index (χ1) is 10.5. The van der Waals surface area contributed by atoms with Gasteiger partial charge in [0.05, 0.1) is 5.25 Å². The Morgan fingerprint density at radius 1 is 1.45 bits per heavy atom. The van der Waals surface area contributed by atoms with E-state index in [0.717, 1.165) is 23.0 Å². The number of aromatic amines is 1. The highest BCUT2D eigenvalue weighted by Crippen LogP contribution is 2.36. The topological polar surface area (TPSA) is 79.8 Å². The monoisotopic (exact) mass is 382 g/mol. The van der Waals surface area contributed by atoms with Crippen LogP contribution >= 0.6 is 27.7 Å². The zero-order valence-corrected chi connectivity index (χ0v) is 14.3. The normalized spacial score (nSPS) is 15.5. The minimum atomic E-state index is -0.351. The van der Waals surface area contributed by atoms with Gasteiger partial charge >= 0.3 is 5.69 Å². The Hall–Kier alpha value is -1.54. The Morgan fingerprint density at radius 3 is 2.77 bits per heavy atom. The number of hydrogen-bond acceptors (Lipinski definition) is 4. The molecule has 1 fully saturated rings. The van der Waals surface area contributed by atoms with Gasteiger partial charge in [-0.3, -0.25) is 9.36 Å². The lowest BCUT2D eigenvalue weighted by Gasteiger charge is -2.12. The van der Waals surface area contributed by atoms with Crippen LogP contribution in [0.3, 0.4) is 0 Å². The number of carbonyl (C=O) groups is 1. The van der Waals surface area contributed by atoms with Crippen LogP contribution in [0.25, 0.3) is 0 Å². The molecule has 1 saturated carbocycles. The molecule has 0 aliphatic heterocycles. The standard InChI is InChI=1S/C14H15BrN4O2S/c1-8(12(20)16-10-4-2-9(15)3-5-10)22-14-18-17-13(21)19(14)11-6-7-11/h2-5,8,11H,6-7H2,1H3,(H,16,20)(H,17,21)/t8-/m1/s1. The van der Waals surface area contributed by atoms with Crippen molar-refractivity contribution in [3.05, 3.63) is 39.2 Å². The number of hydrogen-bond donors (Lipinski definition) is 2. The van der Waals surface area contributed by atoms with E-state index < -0.39 is 0 Å². The summed E-state index contributed by atoms with van der Waals surface area (Å²) < 4.78 is 2.60. The maximum Gasteiger partial charge on any atom is 0.344 e. The van der Waals surface area contributed by atoms with Gasteiger partial charge in [0.15, 0.2) is 5.16 Å². The van der Waals surface area contributed by atoms with Gasteiger partial charge in [0.2, 0.25) is 5.91 Å². The van der Waals surface area contributed by atoms with Crippen LogP contribution in [0.2, 0.25) is 0 Å². The fraction of sp³-hybridized carbons (Fsp3) is 0.357. The third kappa shape index (κ3) is 3.44. The van der Waals surface area contributed by atoms with Crippen molar-refractivity contribution in [2.24, 2.45) is 0 Å². The minimum absolute atomic E-state index is 0.120. The highest BCUT2D eigenvalue weighted by atomic mass is 79.9. The molecule has 1 aliphatic rings. The van der Waals surface area contributed by atoms with Gasteiger partial charge in [-0.15, -0.1) is 5.10 Å². The second-order valence-corrected chi connectivity index (χ2v) is 7.39. The van der Waals surface area contributed by atoms with E-state index in [2.05, 4.69) is 31.4 Å². The lowest BCUT2D eigenvalue weighted by Crippen LogP contribution is -2.23. The van der Waals surface area contributed by atoms with Crippen molar-refractivity contribution in [2.45, 2.75) is 36.2 Å². The number of rotatable bonds is 5. The van der Waals surface area contributed by atoms with E-state index in [0.29, 0.717) is 5.16 Å². The van der Waals surface area contributed by atoms with Crippen LogP contribution in [0, 0.1) is 0 Å². The van der Waals surface area contributed by atoms with Crippen LogP contribution in [-0.4, -0.2) is 25.9 Å². The van der Waals surface area contributed by atoms with Gasteiger partial charge in [-0.25, -0.2) is 9.89 Å². The number of benzene rings is 1. The molecule has 2 aromatic rings. The SMILES string of the molecule is C[C@@H](Sc1n[nH]c(=O)n1C1CC1)C(=O)Nc1ccc(Br)cc1. The average Bonchev–Trinajstić information content (AvgIpc) is 3.26. The van der Waals surface area contributed by atoms with Crippen LogP contribution in [0.5, 0.6) is 0 Å². The smallest absolute Gasteiger partial charge is 0.325 e. The largest absolute Gasteiger partial charge is 0.344 e. The molecule has 0 radical (unpaired) electrons. The molecule has 2 N–H and O–H groups in total. The van der Waals surface area contributed by atoms with E-state index in [1.165, 1.54) is 11.8 Å². The molecular weight excluding hydrogens is 368 g/mol. The Kier molecular flexibility index (Phi) is 4.39. The third-order valence-electron chi connectivity index (χ3n) is 3.35. The molecule has 1 amide bonds. The van der Waals surface area contributed by atoms with Crippen molar-refractivity contribution in [3.63, 3.8) is 0 Å². The first kappa shape index (κ1) is 15.4. The number of thioether (sulfide) groups is 1. The maximum absolute atomic E-state index is 12.2. The van der Waals surface area contributed by atoms with Crippen molar-refractivity contribution < 1.29 is 4.79 Å². The van der Waals surface area contributed by atoms with Crippen LogP contribution in [0.15, 0.2) is 38.7 Å². The Bertz CT molecular complexity index is 736. The summed E-state index contributed by atoms with van der Waals surface area (Å²) in [4.78, 5) is 24.0. The Morgan fingerprint density at radius 2 is 2.14 bits per heavy atom. The van der Waals surface area contributed by atoms with E-state index >= 15 is 0 Å². The fourth-order valence-electron chi connectivity index (χ4n) is 2.02. The van der Waals surface area contributed by atoms with E-state index in [1.807, 2.05) is 24.3 Å². The van der Waals surface area contributed by atoms with Crippen LogP contribution in [-0.2, 0) is 4.79 Å². The summed E-state index contributed by atoms with van der Waals surface area (Å²) in [7, 11) is 0. The number of aromatic nitrogens is 3. The predicted octanol–water partition coefficient (Wildman–Crippen LogP) is 2.79. The van der Waals surface area contributed by atoms with Crippen molar-refractivity contribution in [1.29, 1.82) is 0 Å². The van der Waals surface area contributed by atoms with Crippen molar-refractivity contribution in [3.8, 4) is 0 Å². The molecule has 0 unspecified atom stereocenters. The van der Waals surface area contributed by atoms with Crippen molar-refractivity contribution in [1.82, 2.24) is 14.8 Å². The number of carbonyl (C=O) groups excluding carboxylic acids is 1. The van der Waals surface area contributed by atoms with Gasteiger partial charge < -0.3 is 5.32 Å². The summed E-state index contributed by atoms with van der Waals surface area (Å²) in [6.07, 6.45) is 1.99. The van der Waals surface area contributed by atoms with Crippen molar-refractivity contribution >= 4 is 39.3 Å². The molecule has 22 heavy (non-hydrogen) atoms. The summed E-state index contributed by atoms with van der Waals surface area (Å²) in [5.74, 6) is -0.120. The number of amides is 1.